The van der Waals surface area contributed by atoms with Crippen LogP contribution in [0.2, 0.25) is 0 Å². The fraction of sp³-hybridized carbons (Fsp3) is 0.562. The Labute approximate surface area is 140 Å². The molecule has 1 aromatic heterocycles. The monoisotopic (exact) mass is 337 g/mol. The Morgan fingerprint density at radius 2 is 2.09 bits per heavy atom. The number of carbonyl (C=O) groups excluding carboxylic acids is 3. The minimum Gasteiger partial charge on any atom is -0.354 e. The predicted octanol–water partition coefficient (Wildman–Crippen LogP) is 1.10. The number of hydrogen-bond donors (Lipinski definition) is 2. The maximum Gasteiger partial charge on any atom is 0.261 e. The molecular formula is C16H23N3O3S. The summed E-state index contributed by atoms with van der Waals surface area (Å²) in [5, 5.41) is 7.39. The summed E-state index contributed by atoms with van der Waals surface area (Å²) < 4.78 is 0. The molecule has 6 nitrogen and oxygen atoms in total. The molecule has 1 fully saturated rings. The summed E-state index contributed by atoms with van der Waals surface area (Å²) in [6.07, 6.45) is 0.278. The molecule has 1 saturated heterocycles. The van der Waals surface area contributed by atoms with E-state index in [0.717, 1.165) is 0 Å². The fourth-order valence-corrected chi connectivity index (χ4v) is 3.21. The van der Waals surface area contributed by atoms with Crippen LogP contribution in [0.3, 0.4) is 0 Å². The molecule has 1 atom stereocenters. The third-order valence-electron chi connectivity index (χ3n) is 3.63. The summed E-state index contributed by atoms with van der Waals surface area (Å²) in [7, 11) is 0. The van der Waals surface area contributed by atoms with E-state index in [1.165, 1.54) is 11.3 Å². The zero-order valence-electron chi connectivity index (χ0n) is 13.5. The number of hydrogen-bond acceptors (Lipinski definition) is 4. The van der Waals surface area contributed by atoms with Crippen molar-refractivity contribution in [1.82, 2.24) is 15.5 Å². The van der Waals surface area contributed by atoms with Crippen molar-refractivity contribution in [2.24, 2.45) is 11.8 Å². The van der Waals surface area contributed by atoms with Crippen LogP contribution in [0.25, 0.3) is 0 Å². The van der Waals surface area contributed by atoms with Crippen molar-refractivity contribution in [2.75, 3.05) is 26.2 Å². The highest BCUT2D eigenvalue weighted by atomic mass is 32.1. The Kier molecular flexibility index (Phi) is 6.15. The minimum atomic E-state index is -0.283. The lowest BCUT2D eigenvalue weighted by molar-refractivity contribution is -0.129. The van der Waals surface area contributed by atoms with Gasteiger partial charge in [0.05, 0.1) is 10.8 Å². The number of rotatable bonds is 7. The summed E-state index contributed by atoms with van der Waals surface area (Å²) >= 11 is 1.38. The second-order valence-electron chi connectivity index (χ2n) is 6.12. The first kappa shape index (κ1) is 17.5. The maximum absolute atomic E-state index is 12.1. The molecule has 1 aliphatic rings. The normalized spacial score (nSPS) is 17.6. The second-order valence-corrected chi connectivity index (χ2v) is 7.07. The molecule has 2 N–H and O–H groups in total. The van der Waals surface area contributed by atoms with Crippen molar-refractivity contribution >= 4 is 29.1 Å². The molecular weight excluding hydrogens is 314 g/mol. The molecule has 126 valence electrons. The number of thiophene rings is 1. The Morgan fingerprint density at radius 3 is 2.74 bits per heavy atom. The predicted molar refractivity (Wildman–Crippen MR) is 89.2 cm³/mol. The molecule has 0 unspecified atom stereocenters. The average Bonchev–Trinajstić information content (AvgIpc) is 3.13. The highest BCUT2D eigenvalue weighted by Gasteiger charge is 2.34. The Morgan fingerprint density at radius 1 is 1.35 bits per heavy atom. The quantitative estimate of drug-likeness (QED) is 0.731. The molecule has 23 heavy (non-hydrogen) atoms. The van der Waals surface area contributed by atoms with Crippen LogP contribution < -0.4 is 10.6 Å². The first-order valence-corrected chi connectivity index (χ1v) is 8.72. The molecule has 7 heteroatoms. The largest absolute Gasteiger partial charge is 0.354 e. The van der Waals surface area contributed by atoms with E-state index in [-0.39, 0.29) is 30.1 Å². The lowest BCUT2D eigenvalue weighted by atomic mass is 10.1. The first-order valence-electron chi connectivity index (χ1n) is 7.84. The first-order chi connectivity index (χ1) is 11.0. The molecule has 1 aromatic rings. The Hall–Kier alpha value is -1.89. The molecule has 2 rings (SSSR count). The van der Waals surface area contributed by atoms with Gasteiger partial charge in [-0.25, -0.2) is 0 Å². The third-order valence-corrected chi connectivity index (χ3v) is 4.49. The lowest BCUT2D eigenvalue weighted by Gasteiger charge is -2.18. The van der Waals surface area contributed by atoms with Gasteiger partial charge in [0, 0.05) is 32.6 Å². The van der Waals surface area contributed by atoms with Gasteiger partial charge in [-0.15, -0.1) is 11.3 Å². The second kappa shape index (κ2) is 8.10. The van der Waals surface area contributed by atoms with Gasteiger partial charge in [-0.3, -0.25) is 14.4 Å². The van der Waals surface area contributed by atoms with Gasteiger partial charge in [0.2, 0.25) is 11.8 Å². The molecule has 3 amide bonds. The van der Waals surface area contributed by atoms with Crippen LogP contribution in [0, 0.1) is 11.8 Å². The van der Waals surface area contributed by atoms with Gasteiger partial charge < -0.3 is 15.5 Å². The van der Waals surface area contributed by atoms with E-state index < -0.39 is 0 Å². The van der Waals surface area contributed by atoms with Gasteiger partial charge in [0.1, 0.15) is 0 Å². The number of likely N-dealkylation sites (tertiary alicyclic amines) is 1. The van der Waals surface area contributed by atoms with E-state index in [2.05, 4.69) is 24.5 Å². The zero-order chi connectivity index (χ0) is 16.8. The Bertz CT molecular complexity index is 557. The van der Waals surface area contributed by atoms with Gasteiger partial charge in [0.25, 0.3) is 5.91 Å². The SMILES string of the molecule is CC(C)CN1C[C@H](C(=O)NCCNC(=O)c2cccs2)CC1=O. The highest BCUT2D eigenvalue weighted by molar-refractivity contribution is 7.12. The summed E-state index contributed by atoms with van der Waals surface area (Å²) in [6.45, 7) is 6.03. The molecule has 0 radical (unpaired) electrons. The van der Waals surface area contributed by atoms with Crippen molar-refractivity contribution in [3.8, 4) is 0 Å². The van der Waals surface area contributed by atoms with E-state index in [0.29, 0.717) is 37.0 Å². The van der Waals surface area contributed by atoms with Gasteiger partial charge in [0.15, 0.2) is 0 Å². The van der Waals surface area contributed by atoms with Crippen LogP contribution in [0.1, 0.15) is 29.9 Å². The van der Waals surface area contributed by atoms with E-state index in [4.69, 9.17) is 0 Å². The molecule has 0 aliphatic carbocycles. The van der Waals surface area contributed by atoms with Crippen molar-refractivity contribution in [3.05, 3.63) is 22.4 Å². The molecule has 0 bridgehead atoms. The summed E-state index contributed by atoms with van der Waals surface area (Å²) in [5.74, 6) is -0.0873. The van der Waals surface area contributed by atoms with E-state index >= 15 is 0 Å². The van der Waals surface area contributed by atoms with Crippen LogP contribution in [0.5, 0.6) is 0 Å². The third kappa shape index (κ3) is 5.06. The lowest BCUT2D eigenvalue weighted by Crippen LogP contribution is -2.38. The summed E-state index contributed by atoms with van der Waals surface area (Å²) in [5.41, 5.74) is 0. The Balaban J connectivity index is 1.67. The van der Waals surface area contributed by atoms with Crippen molar-refractivity contribution in [3.63, 3.8) is 0 Å². The number of amides is 3. The molecule has 2 heterocycles. The van der Waals surface area contributed by atoms with Crippen LogP contribution in [0.4, 0.5) is 0 Å². The van der Waals surface area contributed by atoms with Crippen LogP contribution in [-0.4, -0.2) is 48.8 Å². The van der Waals surface area contributed by atoms with Gasteiger partial charge in [-0.1, -0.05) is 19.9 Å². The highest BCUT2D eigenvalue weighted by Crippen LogP contribution is 2.19. The minimum absolute atomic E-state index is 0.0462. The van der Waals surface area contributed by atoms with Crippen molar-refractivity contribution in [2.45, 2.75) is 20.3 Å². The maximum atomic E-state index is 12.1. The van der Waals surface area contributed by atoms with Crippen molar-refractivity contribution < 1.29 is 14.4 Å². The number of carbonyl (C=O) groups is 3. The topological polar surface area (TPSA) is 78.5 Å². The van der Waals surface area contributed by atoms with Gasteiger partial charge in [-0.2, -0.15) is 0 Å². The van der Waals surface area contributed by atoms with Gasteiger partial charge >= 0.3 is 0 Å². The molecule has 0 aromatic carbocycles. The van der Waals surface area contributed by atoms with Crippen LogP contribution in [0.15, 0.2) is 17.5 Å². The van der Waals surface area contributed by atoms with E-state index in [1.54, 1.807) is 11.0 Å². The summed E-state index contributed by atoms with van der Waals surface area (Å²) in [4.78, 5) is 38.1. The smallest absolute Gasteiger partial charge is 0.261 e. The fourth-order valence-electron chi connectivity index (χ4n) is 2.57. The van der Waals surface area contributed by atoms with Crippen molar-refractivity contribution in [1.29, 1.82) is 0 Å². The number of nitrogens with one attached hydrogen (secondary N) is 2. The van der Waals surface area contributed by atoms with Crippen LogP contribution >= 0.6 is 11.3 Å². The molecule has 0 spiro atoms. The van der Waals surface area contributed by atoms with E-state index in [1.807, 2.05) is 11.4 Å². The van der Waals surface area contributed by atoms with E-state index in [9.17, 15) is 14.4 Å². The number of nitrogens with zero attached hydrogens (tertiary/aromatic N) is 1. The van der Waals surface area contributed by atoms with Gasteiger partial charge in [-0.05, 0) is 17.4 Å². The summed E-state index contributed by atoms with van der Waals surface area (Å²) in [6, 6.07) is 3.58. The zero-order valence-corrected chi connectivity index (χ0v) is 14.3. The standard InChI is InChI=1S/C16H23N3O3S/c1-11(2)9-19-10-12(8-14(19)20)15(21)17-5-6-18-16(22)13-4-3-7-23-13/h3-4,7,11-12H,5-6,8-10H2,1-2H3,(H,17,21)(H,18,22)/t12-/m1/s1. The molecule has 1 aliphatic heterocycles. The van der Waals surface area contributed by atoms with Crippen LogP contribution in [-0.2, 0) is 9.59 Å². The molecule has 0 saturated carbocycles. The average molecular weight is 337 g/mol.